The number of aryl methyl sites for hydroxylation is 1. The molecule has 0 spiro atoms. The molecule has 2 aromatic carbocycles. The summed E-state index contributed by atoms with van der Waals surface area (Å²) in [5, 5.41) is 13.9. The molecule has 0 amide bonds. The second kappa shape index (κ2) is 4.61. The standard InChI is InChI=1S/C16H14N2O/c1-12-11-18(14-5-3-2-4-6-14)17-16(12)13-7-9-15(19)10-8-13/h2-11,19H,1H3. The number of benzene rings is 2. The van der Waals surface area contributed by atoms with Gasteiger partial charge in [-0.25, -0.2) is 4.68 Å². The first kappa shape index (κ1) is 11.5. The molecule has 0 unspecified atom stereocenters. The Kier molecular flexibility index (Phi) is 2.80. The minimum atomic E-state index is 0.267. The van der Waals surface area contributed by atoms with Crippen LogP contribution in [0.2, 0.25) is 0 Å². The van der Waals surface area contributed by atoms with E-state index in [-0.39, 0.29) is 5.75 Å². The Bertz CT molecular complexity index is 685. The fourth-order valence-electron chi connectivity index (χ4n) is 2.08. The van der Waals surface area contributed by atoms with Crippen molar-refractivity contribution in [3.8, 4) is 22.7 Å². The number of hydrogen-bond donors (Lipinski definition) is 1. The zero-order valence-electron chi connectivity index (χ0n) is 10.6. The molecular weight excluding hydrogens is 236 g/mol. The maximum absolute atomic E-state index is 9.33. The summed E-state index contributed by atoms with van der Waals surface area (Å²) in [6, 6.07) is 17.1. The van der Waals surface area contributed by atoms with Gasteiger partial charge in [-0.05, 0) is 48.9 Å². The van der Waals surface area contributed by atoms with E-state index in [0.717, 1.165) is 22.5 Å². The molecule has 1 aromatic heterocycles. The molecule has 19 heavy (non-hydrogen) atoms. The minimum absolute atomic E-state index is 0.267. The highest BCUT2D eigenvalue weighted by atomic mass is 16.3. The number of aromatic nitrogens is 2. The smallest absolute Gasteiger partial charge is 0.115 e. The molecule has 1 N–H and O–H groups in total. The van der Waals surface area contributed by atoms with E-state index in [2.05, 4.69) is 5.10 Å². The van der Waals surface area contributed by atoms with Crippen LogP contribution in [0, 0.1) is 6.92 Å². The molecule has 1 heterocycles. The van der Waals surface area contributed by atoms with Gasteiger partial charge in [0.25, 0.3) is 0 Å². The quantitative estimate of drug-likeness (QED) is 0.755. The van der Waals surface area contributed by atoms with Gasteiger partial charge in [0.1, 0.15) is 5.75 Å². The molecule has 0 saturated carbocycles. The van der Waals surface area contributed by atoms with Gasteiger partial charge in [0.2, 0.25) is 0 Å². The second-order valence-electron chi connectivity index (χ2n) is 4.49. The van der Waals surface area contributed by atoms with Crippen molar-refractivity contribution in [3.05, 3.63) is 66.4 Å². The lowest BCUT2D eigenvalue weighted by atomic mass is 10.1. The van der Waals surface area contributed by atoms with E-state index in [1.54, 1.807) is 12.1 Å². The highest BCUT2D eigenvalue weighted by molar-refractivity contribution is 5.63. The second-order valence-corrected chi connectivity index (χ2v) is 4.49. The molecule has 0 aliphatic heterocycles. The molecule has 3 rings (SSSR count). The molecule has 3 heteroatoms. The van der Waals surface area contributed by atoms with Crippen molar-refractivity contribution in [2.24, 2.45) is 0 Å². The van der Waals surface area contributed by atoms with E-state index in [4.69, 9.17) is 0 Å². The van der Waals surface area contributed by atoms with E-state index in [1.165, 1.54) is 0 Å². The molecule has 0 bridgehead atoms. The summed E-state index contributed by atoms with van der Waals surface area (Å²) in [5.41, 5.74) is 4.08. The third-order valence-electron chi connectivity index (χ3n) is 3.06. The van der Waals surface area contributed by atoms with Gasteiger partial charge < -0.3 is 5.11 Å². The fourth-order valence-corrected chi connectivity index (χ4v) is 2.08. The van der Waals surface area contributed by atoms with Crippen LogP contribution in [0.3, 0.4) is 0 Å². The van der Waals surface area contributed by atoms with Crippen molar-refractivity contribution in [1.82, 2.24) is 9.78 Å². The van der Waals surface area contributed by atoms with Gasteiger partial charge in [-0.2, -0.15) is 5.10 Å². The number of phenols is 1. The van der Waals surface area contributed by atoms with Crippen LogP contribution >= 0.6 is 0 Å². The van der Waals surface area contributed by atoms with E-state index >= 15 is 0 Å². The van der Waals surface area contributed by atoms with Gasteiger partial charge in [-0.3, -0.25) is 0 Å². The summed E-state index contributed by atoms with van der Waals surface area (Å²) < 4.78 is 1.87. The number of rotatable bonds is 2. The van der Waals surface area contributed by atoms with Gasteiger partial charge >= 0.3 is 0 Å². The average molecular weight is 250 g/mol. The molecule has 0 aliphatic rings. The summed E-state index contributed by atoms with van der Waals surface area (Å²) in [6.07, 6.45) is 2.01. The van der Waals surface area contributed by atoms with Crippen LogP contribution in [-0.2, 0) is 0 Å². The first-order valence-corrected chi connectivity index (χ1v) is 6.15. The highest BCUT2D eigenvalue weighted by Gasteiger charge is 2.08. The largest absolute Gasteiger partial charge is 0.508 e. The lowest BCUT2D eigenvalue weighted by molar-refractivity contribution is 0.475. The maximum atomic E-state index is 9.33. The summed E-state index contributed by atoms with van der Waals surface area (Å²) in [7, 11) is 0. The topological polar surface area (TPSA) is 38.0 Å². The maximum Gasteiger partial charge on any atom is 0.115 e. The Morgan fingerprint density at radius 2 is 1.63 bits per heavy atom. The van der Waals surface area contributed by atoms with Crippen molar-refractivity contribution >= 4 is 0 Å². The number of para-hydroxylation sites is 1. The molecular formula is C16H14N2O. The Balaban J connectivity index is 2.05. The zero-order chi connectivity index (χ0) is 13.2. The summed E-state index contributed by atoms with van der Waals surface area (Å²) in [6.45, 7) is 2.04. The normalized spacial score (nSPS) is 10.6. The number of aromatic hydroxyl groups is 1. The molecule has 0 radical (unpaired) electrons. The van der Waals surface area contributed by atoms with Gasteiger partial charge in [0, 0.05) is 11.8 Å². The van der Waals surface area contributed by atoms with Crippen LogP contribution in [0.25, 0.3) is 16.9 Å². The van der Waals surface area contributed by atoms with E-state index in [9.17, 15) is 5.11 Å². The molecule has 0 saturated heterocycles. The molecule has 3 aromatic rings. The van der Waals surface area contributed by atoms with Crippen LogP contribution < -0.4 is 0 Å². The molecule has 0 atom stereocenters. The van der Waals surface area contributed by atoms with Crippen LogP contribution in [0.1, 0.15) is 5.56 Å². The summed E-state index contributed by atoms with van der Waals surface area (Å²) in [4.78, 5) is 0. The molecule has 94 valence electrons. The van der Waals surface area contributed by atoms with E-state index in [1.807, 2.05) is 60.3 Å². The van der Waals surface area contributed by atoms with Crippen molar-refractivity contribution in [3.63, 3.8) is 0 Å². The Hall–Kier alpha value is -2.55. The van der Waals surface area contributed by atoms with Crippen molar-refractivity contribution in [1.29, 1.82) is 0 Å². The minimum Gasteiger partial charge on any atom is -0.508 e. The Labute approximate surface area is 111 Å². The van der Waals surface area contributed by atoms with Crippen LogP contribution in [0.5, 0.6) is 5.75 Å². The summed E-state index contributed by atoms with van der Waals surface area (Å²) >= 11 is 0. The monoisotopic (exact) mass is 250 g/mol. The predicted molar refractivity (Wildman–Crippen MR) is 75.4 cm³/mol. The van der Waals surface area contributed by atoms with Crippen LogP contribution in [0.15, 0.2) is 60.8 Å². The first-order valence-electron chi connectivity index (χ1n) is 6.15. The molecule has 0 fully saturated rings. The Morgan fingerprint density at radius 1 is 0.947 bits per heavy atom. The number of phenolic OH excluding ortho intramolecular Hbond substituents is 1. The van der Waals surface area contributed by atoms with Gasteiger partial charge in [0.05, 0.1) is 11.4 Å². The summed E-state index contributed by atoms with van der Waals surface area (Å²) in [5.74, 6) is 0.267. The first-order chi connectivity index (χ1) is 9.24. The SMILES string of the molecule is Cc1cn(-c2ccccc2)nc1-c1ccc(O)cc1. The average Bonchev–Trinajstić information content (AvgIpc) is 2.83. The van der Waals surface area contributed by atoms with Crippen LogP contribution in [0.4, 0.5) is 0 Å². The van der Waals surface area contributed by atoms with E-state index < -0.39 is 0 Å². The lowest BCUT2D eigenvalue weighted by Gasteiger charge is -2.00. The zero-order valence-corrected chi connectivity index (χ0v) is 10.6. The van der Waals surface area contributed by atoms with Gasteiger partial charge in [-0.15, -0.1) is 0 Å². The highest BCUT2D eigenvalue weighted by Crippen LogP contribution is 2.24. The third-order valence-corrected chi connectivity index (χ3v) is 3.06. The Morgan fingerprint density at radius 3 is 2.32 bits per heavy atom. The molecule has 0 aliphatic carbocycles. The number of nitrogens with zero attached hydrogens (tertiary/aromatic N) is 2. The van der Waals surface area contributed by atoms with Gasteiger partial charge in [-0.1, -0.05) is 18.2 Å². The van der Waals surface area contributed by atoms with E-state index in [0.29, 0.717) is 0 Å². The van der Waals surface area contributed by atoms with Crippen molar-refractivity contribution < 1.29 is 5.11 Å². The predicted octanol–water partition coefficient (Wildman–Crippen LogP) is 3.55. The van der Waals surface area contributed by atoms with Gasteiger partial charge in [0.15, 0.2) is 0 Å². The lowest BCUT2D eigenvalue weighted by Crippen LogP contribution is -1.93. The van der Waals surface area contributed by atoms with Crippen LogP contribution in [-0.4, -0.2) is 14.9 Å². The fraction of sp³-hybridized carbons (Fsp3) is 0.0625. The number of hydrogen-bond acceptors (Lipinski definition) is 2. The molecule has 3 nitrogen and oxygen atoms in total. The third kappa shape index (κ3) is 2.22. The van der Waals surface area contributed by atoms with Crippen molar-refractivity contribution in [2.45, 2.75) is 6.92 Å². The van der Waals surface area contributed by atoms with Crippen molar-refractivity contribution in [2.75, 3.05) is 0 Å².